The number of primary amides is 1. The second-order valence-corrected chi connectivity index (χ2v) is 8.93. The predicted molar refractivity (Wildman–Crippen MR) is 117 cm³/mol. The Labute approximate surface area is 178 Å². The molecule has 0 aromatic heterocycles. The second-order valence-electron chi connectivity index (χ2n) is 8.93. The molecule has 158 valence electrons. The number of hydrogen-bond donors (Lipinski definition) is 1. The van der Waals surface area contributed by atoms with Gasteiger partial charge >= 0.3 is 0 Å². The van der Waals surface area contributed by atoms with E-state index in [0.29, 0.717) is 18.9 Å². The number of benzene rings is 2. The highest BCUT2D eigenvalue weighted by Crippen LogP contribution is 2.42. The van der Waals surface area contributed by atoms with Crippen molar-refractivity contribution in [3.8, 4) is 16.9 Å². The Morgan fingerprint density at radius 3 is 2.23 bits per heavy atom. The van der Waals surface area contributed by atoms with Gasteiger partial charge in [0.25, 0.3) is 0 Å². The first-order chi connectivity index (χ1) is 14.4. The molecule has 5 nitrogen and oxygen atoms in total. The summed E-state index contributed by atoms with van der Waals surface area (Å²) in [6.45, 7) is 3.27. The van der Waals surface area contributed by atoms with E-state index in [1.54, 1.807) is 7.11 Å². The van der Waals surface area contributed by atoms with Gasteiger partial charge in [-0.05, 0) is 60.4 Å². The molecular weight excluding hydrogens is 376 g/mol. The quantitative estimate of drug-likeness (QED) is 0.796. The Balaban J connectivity index is 1.50. The van der Waals surface area contributed by atoms with Gasteiger partial charge in [-0.3, -0.25) is 9.59 Å². The van der Waals surface area contributed by atoms with Gasteiger partial charge in [0.15, 0.2) is 0 Å². The van der Waals surface area contributed by atoms with Crippen molar-refractivity contribution in [2.24, 2.45) is 23.0 Å². The minimum atomic E-state index is -0.687. The summed E-state index contributed by atoms with van der Waals surface area (Å²) in [5.74, 6) is 1.33. The Bertz CT molecular complexity index is 922. The summed E-state index contributed by atoms with van der Waals surface area (Å²) in [7, 11) is 1.66. The zero-order chi connectivity index (χ0) is 21.3. The van der Waals surface area contributed by atoms with Crippen molar-refractivity contribution in [2.75, 3.05) is 20.2 Å². The van der Waals surface area contributed by atoms with Crippen LogP contribution in [0.15, 0.2) is 48.5 Å². The lowest BCUT2D eigenvalue weighted by Crippen LogP contribution is -2.53. The maximum atomic E-state index is 12.7. The molecule has 2 aliphatic rings. The van der Waals surface area contributed by atoms with Crippen LogP contribution in [0.5, 0.6) is 5.75 Å². The van der Waals surface area contributed by atoms with Crippen molar-refractivity contribution in [3.63, 3.8) is 0 Å². The maximum Gasteiger partial charge on any atom is 0.225 e. The highest BCUT2D eigenvalue weighted by molar-refractivity contribution is 5.85. The molecule has 2 amide bonds. The molecule has 1 aliphatic heterocycles. The van der Waals surface area contributed by atoms with Crippen LogP contribution in [0.25, 0.3) is 11.1 Å². The third kappa shape index (κ3) is 4.07. The number of piperidine rings is 1. The molecule has 2 aromatic rings. The van der Waals surface area contributed by atoms with Gasteiger partial charge in [0.1, 0.15) is 5.75 Å². The van der Waals surface area contributed by atoms with Crippen LogP contribution in [0.2, 0.25) is 0 Å². The van der Waals surface area contributed by atoms with Crippen LogP contribution in [-0.2, 0) is 16.0 Å². The lowest BCUT2D eigenvalue weighted by atomic mass is 9.74. The number of amides is 2. The summed E-state index contributed by atoms with van der Waals surface area (Å²) >= 11 is 0. The zero-order valence-electron chi connectivity index (χ0n) is 17.8. The van der Waals surface area contributed by atoms with Gasteiger partial charge in [-0.1, -0.05) is 43.3 Å². The fraction of sp³-hybridized carbons (Fsp3) is 0.440. The van der Waals surface area contributed by atoms with E-state index in [4.69, 9.17) is 10.5 Å². The Morgan fingerprint density at radius 1 is 1.10 bits per heavy atom. The molecule has 0 spiro atoms. The summed E-state index contributed by atoms with van der Waals surface area (Å²) in [5.41, 5.74) is 8.49. The molecule has 1 saturated carbocycles. The molecule has 4 rings (SSSR count). The first-order valence-corrected chi connectivity index (χ1v) is 10.7. The average molecular weight is 407 g/mol. The molecule has 0 radical (unpaired) electrons. The van der Waals surface area contributed by atoms with Crippen LogP contribution in [0, 0.1) is 17.3 Å². The van der Waals surface area contributed by atoms with Gasteiger partial charge < -0.3 is 15.4 Å². The van der Waals surface area contributed by atoms with E-state index in [-0.39, 0.29) is 17.7 Å². The van der Waals surface area contributed by atoms with Gasteiger partial charge in [-0.2, -0.15) is 0 Å². The Kier molecular flexibility index (Phi) is 5.54. The highest BCUT2D eigenvalue weighted by Gasteiger charge is 2.47. The molecule has 2 aromatic carbocycles. The molecule has 2 fully saturated rings. The lowest BCUT2D eigenvalue weighted by molar-refractivity contribution is -0.141. The molecule has 2 N–H and O–H groups in total. The van der Waals surface area contributed by atoms with Crippen molar-refractivity contribution in [1.82, 2.24) is 4.90 Å². The molecule has 1 aliphatic carbocycles. The number of nitrogens with two attached hydrogens (primary N) is 1. The SMILES string of the molecule is COc1ccc(-c2ccc(CC3(C(N)=O)CCCN(C(=O)C4CC4C)C3)cc2)cc1. The maximum absolute atomic E-state index is 12.7. The van der Waals surface area contributed by atoms with E-state index >= 15 is 0 Å². The smallest absolute Gasteiger partial charge is 0.225 e. The fourth-order valence-corrected chi connectivity index (χ4v) is 4.64. The molecular formula is C25H30N2O3. The molecule has 0 bridgehead atoms. The summed E-state index contributed by atoms with van der Waals surface area (Å²) in [6, 6.07) is 16.2. The first kappa shape index (κ1) is 20.5. The summed E-state index contributed by atoms with van der Waals surface area (Å²) in [5, 5.41) is 0. The topological polar surface area (TPSA) is 72.6 Å². The van der Waals surface area contributed by atoms with Crippen LogP contribution >= 0.6 is 0 Å². The number of rotatable bonds is 6. The largest absolute Gasteiger partial charge is 0.497 e. The third-order valence-electron chi connectivity index (χ3n) is 6.76. The monoisotopic (exact) mass is 406 g/mol. The normalized spacial score (nSPS) is 25.6. The van der Waals surface area contributed by atoms with Gasteiger partial charge in [0.2, 0.25) is 11.8 Å². The fourth-order valence-electron chi connectivity index (χ4n) is 4.64. The van der Waals surface area contributed by atoms with Crippen molar-refractivity contribution in [3.05, 3.63) is 54.1 Å². The number of ether oxygens (including phenoxy) is 1. The van der Waals surface area contributed by atoms with E-state index in [2.05, 4.69) is 31.2 Å². The minimum Gasteiger partial charge on any atom is -0.497 e. The summed E-state index contributed by atoms with van der Waals surface area (Å²) < 4.78 is 5.22. The van der Waals surface area contributed by atoms with E-state index in [9.17, 15) is 9.59 Å². The molecule has 3 atom stereocenters. The van der Waals surface area contributed by atoms with Crippen molar-refractivity contribution in [1.29, 1.82) is 0 Å². The lowest BCUT2D eigenvalue weighted by Gasteiger charge is -2.41. The number of nitrogens with zero attached hydrogens (tertiary/aromatic N) is 1. The van der Waals surface area contributed by atoms with Crippen molar-refractivity contribution in [2.45, 2.75) is 32.6 Å². The average Bonchev–Trinajstić information content (AvgIpc) is 3.50. The number of carbonyl (C=O) groups is 2. The number of likely N-dealkylation sites (tertiary alicyclic amines) is 1. The van der Waals surface area contributed by atoms with Crippen LogP contribution < -0.4 is 10.5 Å². The molecule has 5 heteroatoms. The third-order valence-corrected chi connectivity index (χ3v) is 6.76. The van der Waals surface area contributed by atoms with Gasteiger partial charge in [-0.15, -0.1) is 0 Å². The summed E-state index contributed by atoms with van der Waals surface area (Å²) in [6.07, 6.45) is 3.08. The predicted octanol–water partition coefficient (Wildman–Crippen LogP) is 3.65. The highest BCUT2D eigenvalue weighted by atomic mass is 16.5. The van der Waals surface area contributed by atoms with E-state index in [1.807, 2.05) is 29.2 Å². The molecule has 1 saturated heterocycles. The van der Waals surface area contributed by atoms with E-state index in [0.717, 1.165) is 48.2 Å². The van der Waals surface area contributed by atoms with Crippen molar-refractivity contribution >= 4 is 11.8 Å². The molecule has 3 unspecified atom stereocenters. The van der Waals surface area contributed by atoms with E-state index in [1.165, 1.54) is 0 Å². The van der Waals surface area contributed by atoms with Gasteiger partial charge in [0.05, 0.1) is 12.5 Å². The van der Waals surface area contributed by atoms with Crippen molar-refractivity contribution < 1.29 is 14.3 Å². The Morgan fingerprint density at radius 2 is 1.70 bits per heavy atom. The number of methoxy groups -OCH3 is 1. The van der Waals surface area contributed by atoms with Crippen LogP contribution in [0.4, 0.5) is 0 Å². The van der Waals surface area contributed by atoms with Gasteiger partial charge in [0, 0.05) is 19.0 Å². The zero-order valence-corrected chi connectivity index (χ0v) is 17.8. The van der Waals surface area contributed by atoms with Crippen LogP contribution in [0.1, 0.15) is 31.7 Å². The van der Waals surface area contributed by atoms with Crippen LogP contribution in [0.3, 0.4) is 0 Å². The summed E-state index contributed by atoms with van der Waals surface area (Å²) in [4.78, 5) is 27.1. The molecule has 30 heavy (non-hydrogen) atoms. The number of carbonyl (C=O) groups excluding carboxylic acids is 2. The van der Waals surface area contributed by atoms with Crippen LogP contribution in [-0.4, -0.2) is 36.9 Å². The standard InChI is InChI=1S/C25H30N2O3/c1-17-14-22(17)23(28)27-13-3-12-25(16-27,24(26)29)15-18-4-6-19(7-5-18)20-8-10-21(30-2)11-9-20/h4-11,17,22H,3,12-16H2,1-2H3,(H2,26,29). The minimum absolute atomic E-state index is 0.137. The molecule has 1 heterocycles. The van der Waals surface area contributed by atoms with Gasteiger partial charge in [-0.25, -0.2) is 0 Å². The number of hydrogen-bond acceptors (Lipinski definition) is 3. The second kappa shape index (κ2) is 8.13. The Hall–Kier alpha value is -2.82. The van der Waals surface area contributed by atoms with E-state index < -0.39 is 5.41 Å². The first-order valence-electron chi connectivity index (χ1n) is 10.7.